The van der Waals surface area contributed by atoms with Gasteiger partial charge in [0.25, 0.3) is 0 Å². The van der Waals surface area contributed by atoms with E-state index in [-0.39, 0.29) is 22.6 Å². The minimum absolute atomic E-state index is 0.0593. The van der Waals surface area contributed by atoms with Gasteiger partial charge in [-0.05, 0) is 67.8 Å². The maximum absolute atomic E-state index is 12.8. The minimum atomic E-state index is -3.71. The Morgan fingerprint density at radius 2 is 1.96 bits per heavy atom. The van der Waals surface area contributed by atoms with Crippen molar-refractivity contribution in [2.75, 3.05) is 12.3 Å². The minimum Gasteiger partial charge on any atom is -0.339 e. The highest BCUT2D eigenvalue weighted by Gasteiger charge is 2.27. The number of halogens is 1. The van der Waals surface area contributed by atoms with Gasteiger partial charge in [0.2, 0.25) is 15.9 Å². The number of benzene rings is 1. The van der Waals surface area contributed by atoms with Gasteiger partial charge in [0, 0.05) is 27.4 Å². The number of thiophene rings is 1. The normalized spacial score (nSPS) is 17.6. The number of sulfonamides is 1. The van der Waals surface area contributed by atoms with Crippen LogP contribution in [0.4, 0.5) is 0 Å². The molecule has 1 fully saturated rings. The third-order valence-corrected chi connectivity index (χ3v) is 8.54. The lowest BCUT2D eigenvalue weighted by Gasteiger charge is -2.36. The number of hydrogen-bond donors (Lipinski definition) is 1. The SMILES string of the molecule is NS(=O)(=O)c1ccc(CC(=O)N2CCCCC2CCSc2ccc(Cl)cc2)s1. The number of rotatable bonds is 7. The van der Waals surface area contributed by atoms with Gasteiger partial charge < -0.3 is 4.90 Å². The van der Waals surface area contributed by atoms with Crippen LogP contribution in [0.15, 0.2) is 45.5 Å². The van der Waals surface area contributed by atoms with E-state index in [1.165, 1.54) is 11.0 Å². The van der Waals surface area contributed by atoms with Gasteiger partial charge in [-0.25, -0.2) is 13.6 Å². The lowest BCUT2D eigenvalue weighted by atomic mass is 9.99. The largest absolute Gasteiger partial charge is 0.339 e. The van der Waals surface area contributed by atoms with Gasteiger partial charge in [-0.3, -0.25) is 4.79 Å². The van der Waals surface area contributed by atoms with Crippen LogP contribution in [0.3, 0.4) is 0 Å². The maximum Gasteiger partial charge on any atom is 0.247 e. The lowest BCUT2D eigenvalue weighted by Crippen LogP contribution is -2.44. The molecule has 152 valence electrons. The van der Waals surface area contributed by atoms with Crippen LogP contribution in [-0.4, -0.2) is 37.6 Å². The molecule has 2 N–H and O–H groups in total. The predicted octanol–water partition coefficient (Wildman–Crippen LogP) is 4.15. The van der Waals surface area contributed by atoms with Crippen molar-refractivity contribution in [1.82, 2.24) is 4.90 Å². The van der Waals surface area contributed by atoms with Crippen molar-refractivity contribution in [3.05, 3.63) is 46.3 Å². The van der Waals surface area contributed by atoms with Crippen LogP contribution in [0.5, 0.6) is 0 Å². The third kappa shape index (κ3) is 5.97. The molecule has 1 amide bonds. The number of carbonyl (C=O) groups excluding carboxylic acids is 1. The van der Waals surface area contributed by atoms with Crippen molar-refractivity contribution in [3.8, 4) is 0 Å². The van der Waals surface area contributed by atoms with E-state index >= 15 is 0 Å². The molecule has 0 saturated carbocycles. The summed E-state index contributed by atoms with van der Waals surface area (Å²) in [4.78, 5) is 16.7. The van der Waals surface area contributed by atoms with Crippen LogP contribution in [-0.2, 0) is 21.2 Å². The van der Waals surface area contributed by atoms with Gasteiger partial charge in [-0.2, -0.15) is 0 Å². The second kappa shape index (κ2) is 9.63. The quantitative estimate of drug-likeness (QED) is 0.632. The van der Waals surface area contributed by atoms with Crippen LogP contribution in [0.2, 0.25) is 5.02 Å². The Morgan fingerprint density at radius 1 is 1.21 bits per heavy atom. The Kier molecular flexibility index (Phi) is 7.44. The number of amides is 1. The Balaban J connectivity index is 1.56. The highest BCUT2D eigenvalue weighted by Crippen LogP contribution is 2.27. The van der Waals surface area contributed by atoms with Gasteiger partial charge >= 0.3 is 0 Å². The molecule has 0 radical (unpaired) electrons. The van der Waals surface area contributed by atoms with Crippen molar-refractivity contribution in [2.24, 2.45) is 5.14 Å². The molecule has 9 heteroatoms. The summed E-state index contributed by atoms with van der Waals surface area (Å²) in [6.07, 6.45) is 4.32. The molecular weight excluding hydrogens is 436 g/mol. The molecule has 1 aliphatic rings. The second-order valence-electron chi connectivity index (χ2n) is 6.77. The lowest BCUT2D eigenvalue weighted by molar-refractivity contribution is -0.134. The predicted molar refractivity (Wildman–Crippen MR) is 116 cm³/mol. The highest BCUT2D eigenvalue weighted by atomic mass is 35.5. The summed E-state index contributed by atoms with van der Waals surface area (Å²) in [6, 6.07) is 11.2. The number of thioether (sulfide) groups is 1. The van der Waals surface area contributed by atoms with Crippen molar-refractivity contribution < 1.29 is 13.2 Å². The molecule has 1 aromatic heterocycles. The molecule has 1 aromatic carbocycles. The standard InChI is InChI=1S/C19H23ClN2O3S3/c20-14-4-6-16(7-5-14)26-12-10-15-3-1-2-11-22(15)18(23)13-17-8-9-19(27-17)28(21,24)25/h4-9,15H,1-3,10-13H2,(H2,21,24,25). The summed E-state index contributed by atoms with van der Waals surface area (Å²) >= 11 is 8.77. The number of nitrogens with zero attached hydrogens (tertiary/aromatic N) is 1. The van der Waals surface area contributed by atoms with Crippen LogP contribution in [0, 0.1) is 0 Å². The Bertz CT molecular complexity index is 913. The summed E-state index contributed by atoms with van der Waals surface area (Å²) < 4.78 is 22.9. The first kappa shape index (κ1) is 21.6. The van der Waals surface area contributed by atoms with Gasteiger partial charge in [0.1, 0.15) is 4.21 Å². The first-order chi connectivity index (χ1) is 13.3. The molecule has 1 saturated heterocycles. The zero-order valence-electron chi connectivity index (χ0n) is 15.3. The summed E-state index contributed by atoms with van der Waals surface area (Å²) in [7, 11) is -3.71. The highest BCUT2D eigenvalue weighted by molar-refractivity contribution is 7.99. The molecule has 1 aliphatic heterocycles. The first-order valence-electron chi connectivity index (χ1n) is 9.12. The second-order valence-corrected chi connectivity index (χ2v) is 11.3. The van der Waals surface area contributed by atoms with E-state index in [0.717, 1.165) is 59.2 Å². The molecule has 0 aliphatic carbocycles. The van der Waals surface area contributed by atoms with E-state index in [0.29, 0.717) is 0 Å². The Morgan fingerprint density at radius 3 is 2.64 bits per heavy atom. The molecular formula is C19H23ClN2O3S3. The van der Waals surface area contributed by atoms with Crippen LogP contribution >= 0.6 is 34.7 Å². The summed E-state index contributed by atoms with van der Waals surface area (Å²) in [6.45, 7) is 0.766. The Hall–Kier alpha value is -1.06. The number of likely N-dealkylation sites (tertiary alicyclic amines) is 1. The van der Waals surface area contributed by atoms with Crippen LogP contribution in [0.1, 0.15) is 30.6 Å². The molecule has 1 atom stereocenters. The van der Waals surface area contributed by atoms with Gasteiger partial charge in [0.15, 0.2) is 0 Å². The van der Waals surface area contributed by atoms with Gasteiger partial charge in [-0.15, -0.1) is 23.1 Å². The fraction of sp³-hybridized carbons (Fsp3) is 0.421. The van der Waals surface area contributed by atoms with Crippen molar-refractivity contribution in [2.45, 2.75) is 47.3 Å². The maximum atomic E-state index is 12.8. The van der Waals surface area contributed by atoms with E-state index in [2.05, 4.69) is 0 Å². The third-order valence-electron chi connectivity index (χ3n) is 4.72. The van der Waals surface area contributed by atoms with Crippen LogP contribution in [0.25, 0.3) is 0 Å². The zero-order valence-corrected chi connectivity index (χ0v) is 18.5. The van der Waals surface area contributed by atoms with Crippen molar-refractivity contribution in [1.29, 1.82) is 0 Å². The van der Waals surface area contributed by atoms with Gasteiger partial charge in [0.05, 0.1) is 6.42 Å². The average molecular weight is 459 g/mol. The number of carbonyl (C=O) groups is 1. The van der Waals surface area contributed by atoms with E-state index in [4.69, 9.17) is 16.7 Å². The molecule has 28 heavy (non-hydrogen) atoms. The number of piperidine rings is 1. The molecule has 5 nitrogen and oxygen atoms in total. The monoisotopic (exact) mass is 458 g/mol. The van der Waals surface area contributed by atoms with E-state index < -0.39 is 10.0 Å². The Labute approximate surface area is 179 Å². The number of hydrogen-bond acceptors (Lipinski definition) is 5. The van der Waals surface area contributed by atoms with E-state index in [1.807, 2.05) is 29.2 Å². The molecule has 3 rings (SSSR count). The molecule has 0 spiro atoms. The summed E-state index contributed by atoms with van der Waals surface area (Å²) in [5.41, 5.74) is 0. The average Bonchev–Trinajstić information content (AvgIpc) is 3.13. The number of nitrogens with two attached hydrogens (primary N) is 1. The van der Waals surface area contributed by atoms with E-state index in [1.54, 1.807) is 17.8 Å². The van der Waals surface area contributed by atoms with E-state index in [9.17, 15) is 13.2 Å². The van der Waals surface area contributed by atoms with Gasteiger partial charge in [-0.1, -0.05) is 11.6 Å². The molecule has 0 bridgehead atoms. The van der Waals surface area contributed by atoms with Crippen molar-refractivity contribution in [3.63, 3.8) is 0 Å². The zero-order chi connectivity index (χ0) is 20.1. The fourth-order valence-corrected chi connectivity index (χ4v) is 6.18. The van der Waals surface area contributed by atoms with Crippen molar-refractivity contribution >= 4 is 50.6 Å². The summed E-state index contributed by atoms with van der Waals surface area (Å²) in [5.74, 6) is 0.994. The molecule has 1 unspecified atom stereocenters. The smallest absolute Gasteiger partial charge is 0.247 e. The topological polar surface area (TPSA) is 80.5 Å². The first-order valence-corrected chi connectivity index (χ1v) is 12.8. The molecule has 2 heterocycles. The summed E-state index contributed by atoms with van der Waals surface area (Å²) in [5, 5.41) is 5.88. The number of primary sulfonamides is 1. The van der Waals surface area contributed by atoms with Crippen LogP contribution < -0.4 is 5.14 Å². The fourth-order valence-electron chi connectivity index (χ4n) is 3.33. The molecule has 2 aromatic rings.